The van der Waals surface area contributed by atoms with E-state index >= 15 is 0 Å². The van der Waals surface area contributed by atoms with E-state index < -0.39 is 0 Å². The molecule has 0 aliphatic rings. The maximum atomic E-state index is 12.2. The molecule has 1 aromatic heterocycles. The van der Waals surface area contributed by atoms with Crippen molar-refractivity contribution in [2.75, 3.05) is 24.3 Å². The number of ether oxygens (including phenoxy) is 1. The molecule has 3 rings (SSSR count). The van der Waals surface area contributed by atoms with Crippen LogP contribution in [0.15, 0.2) is 65.2 Å². The number of aromatic nitrogens is 1. The summed E-state index contributed by atoms with van der Waals surface area (Å²) >= 11 is 1.72. The molecule has 0 atom stereocenters. The summed E-state index contributed by atoms with van der Waals surface area (Å²) in [5, 5.41) is 1.03. The normalized spacial score (nSPS) is 11.6. The van der Waals surface area contributed by atoms with Gasteiger partial charge < -0.3 is 20.8 Å². The molecule has 33 heavy (non-hydrogen) atoms. The fourth-order valence-electron chi connectivity index (χ4n) is 3.87. The Kier molecular flexibility index (Phi) is 8.83. The van der Waals surface area contributed by atoms with Gasteiger partial charge in [0.05, 0.1) is 13.0 Å². The van der Waals surface area contributed by atoms with Gasteiger partial charge in [-0.2, -0.15) is 0 Å². The van der Waals surface area contributed by atoms with Crippen LogP contribution < -0.4 is 11.5 Å². The zero-order valence-corrected chi connectivity index (χ0v) is 20.0. The number of carbonyl (C=O) groups is 1. The maximum Gasteiger partial charge on any atom is 0.310 e. The fraction of sp³-hybridized carbons (Fsp3) is 0.296. The molecular formula is C27H35N3O2S. The molecule has 0 unspecified atom stereocenters. The number of nitrogens with zero attached hydrogens (tertiary/aromatic N) is 1. The van der Waals surface area contributed by atoms with E-state index in [9.17, 15) is 4.79 Å². The zero-order chi connectivity index (χ0) is 23.4. The lowest BCUT2D eigenvalue weighted by Gasteiger charge is -2.14. The second-order valence-electron chi connectivity index (χ2n) is 7.90. The molecule has 0 radical (unpaired) electrons. The van der Waals surface area contributed by atoms with Crippen molar-refractivity contribution in [3.8, 4) is 11.1 Å². The van der Waals surface area contributed by atoms with E-state index in [0.29, 0.717) is 24.5 Å². The highest BCUT2D eigenvalue weighted by Crippen LogP contribution is 2.32. The Hall–Kier alpha value is -3.12. The van der Waals surface area contributed by atoms with Crippen LogP contribution in [-0.2, 0) is 22.5 Å². The average Bonchev–Trinajstić information content (AvgIpc) is 3.07. The Labute approximate surface area is 201 Å². The number of benzene rings is 2. The predicted octanol–water partition coefficient (Wildman–Crippen LogP) is 6.43. The summed E-state index contributed by atoms with van der Waals surface area (Å²) in [6.07, 6.45) is 4.35. The minimum atomic E-state index is -0.227. The third kappa shape index (κ3) is 6.02. The number of carbonyl (C=O) groups excluding carboxylic acids is 1. The number of allylic oxidation sites excluding steroid dienone is 3. The van der Waals surface area contributed by atoms with E-state index in [1.807, 2.05) is 32.0 Å². The number of nitrogens with two attached hydrogens (primary N) is 2. The highest BCUT2D eigenvalue weighted by Gasteiger charge is 2.16. The Morgan fingerprint density at radius 2 is 1.76 bits per heavy atom. The molecule has 176 valence electrons. The van der Waals surface area contributed by atoms with Crippen molar-refractivity contribution in [1.82, 2.24) is 4.57 Å². The van der Waals surface area contributed by atoms with Crippen LogP contribution in [-0.4, -0.2) is 23.4 Å². The van der Waals surface area contributed by atoms with Crippen LogP contribution in [0.3, 0.4) is 0 Å². The predicted molar refractivity (Wildman–Crippen MR) is 144 cm³/mol. The van der Waals surface area contributed by atoms with Gasteiger partial charge in [-0.05, 0) is 78.5 Å². The first-order valence-electron chi connectivity index (χ1n) is 10.6. The highest BCUT2D eigenvalue weighted by atomic mass is 32.2. The van der Waals surface area contributed by atoms with E-state index in [4.69, 9.17) is 16.2 Å². The van der Waals surface area contributed by atoms with Gasteiger partial charge in [0.1, 0.15) is 0 Å². The number of fused-ring (bicyclic) bond motifs is 1. The van der Waals surface area contributed by atoms with Crippen molar-refractivity contribution in [2.24, 2.45) is 0 Å². The molecule has 0 bridgehead atoms. The summed E-state index contributed by atoms with van der Waals surface area (Å²) in [5.74, 6) is -0.227. The van der Waals surface area contributed by atoms with Crippen LogP contribution in [0.5, 0.6) is 0 Å². The first-order valence-corrected chi connectivity index (χ1v) is 11.8. The van der Waals surface area contributed by atoms with E-state index in [1.54, 1.807) is 17.8 Å². The average molecular weight is 466 g/mol. The number of hydrogen-bond acceptors (Lipinski definition) is 5. The smallest absolute Gasteiger partial charge is 0.310 e. The van der Waals surface area contributed by atoms with Crippen LogP contribution in [0.1, 0.15) is 33.8 Å². The van der Waals surface area contributed by atoms with Crippen LogP contribution in [0.25, 0.3) is 22.0 Å². The third-order valence-corrected chi connectivity index (χ3v) is 6.35. The number of esters is 1. The van der Waals surface area contributed by atoms with Gasteiger partial charge in [-0.3, -0.25) is 4.79 Å². The SMILES string of the molecule is C.C=C(C)/C(Cn1cc(CC(=O)OCC)c2ccc(-c3cc(N)cc(N)c3)cc21)=C(/C)SC. The van der Waals surface area contributed by atoms with Crippen molar-refractivity contribution in [3.63, 3.8) is 0 Å². The molecule has 5 nitrogen and oxygen atoms in total. The number of rotatable bonds is 8. The molecule has 1 heterocycles. The lowest BCUT2D eigenvalue weighted by Crippen LogP contribution is -2.07. The molecule has 0 aliphatic carbocycles. The molecule has 0 aliphatic heterocycles. The fourth-order valence-corrected chi connectivity index (χ4v) is 4.36. The monoisotopic (exact) mass is 465 g/mol. The van der Waals surface area contributed by atoms with Crippen LogP contribution >= 0.6 is 11.8 Å². The highest BCUT2D eigenvalue weighted by molar-refractivity contribution is 8.02. The van der Waals surface area contributed by atoms with Gasteiger partial charge in [-0.15, -0.1) is 11.8 Å². The van der Waals surface area contributed by atoms with Crippen molar-refractivity contribution in [2.45, 2.75) is 41.2 Å². The van der Waals surface area contributed by atoms with E-state index in [1.165, 1.54) is 10.5 Å². The summed E-state index contributed by atoms with van der Waals surface area (Å²) in [5.41, 5.74) is 19.5. The van der Waals surface area contributed by atoms with Gasteiger partial charge in [0.15, 0.2) is 0 Å². The van der Waals surface area contributed by atoms with E-state index in [-0.39, 0.29) is 19.8 Å². The van der Waals surface area contributed by atoms with Gasteiger partial charge in [0.25, 0.3) is 0 Å². The minimum Gasteiger partial charge on any atom is -0.466 e. The summed E-state index contributed by atoms with van der Waals surface area (Å²) in [6.45, 7) is 11.2. The molecule has 0 spiro atoms. The molecule has 3 aromatic rings. The van der Waals surface area contributed by atoms with Crippen LogP contribution in [0.2, 0.25) is 0 Å². The number of hydrogen-bond donors (Lipinski definition) is 2. The molecule has 2 aromatic carbocycles. The topological polar surface area (TPSA) is 83.3 Å². The zero-order valence-electron chi connectivity index (χ0n) is 19.2. The Morgan fingerprint density at radius 1 is 1.09 bits per heavy atom. The molecule has 6 heteroatoms. The second kappa shape index (κ2) is 11.1. The number of nitrogen functional groups attached to an aromatic ring is 2. The minimum absolute atomic E-state index is 0. The molecular weight excluding hydrogens is 430 g/mol. The molecule has 0 amide bonds. The second-order valence-corrected chi connectivity index (χ2v) is 8.92. The first kappa shape index (κ1) is 26.1. The largest absolute Gasteiger partial charge is 0.466 e. The molecule has 4 N–H and O–H groups in total. The van der Waals surface area contributed by atoms with Crippen molar-refractivity contribution >= 4 is 40.0 Å². The third-order valence-electron chi connectivity index (χ3n) is 5.49. The van der Waals surface area contributed by atoms with Gasteiger partial charge in [-0.1, -0.05) is 31.7 Å². The van der Waals surface area contributed by atoms with E-state index in [0.717, 1.165) is 33.2 Å². The number of thioether (sulfide) groups is 1. The standard InChI is InChI=1S/C26H31N3O2S.CH4/c1-6-31-26(30)12-20-14-29(15-24(16(2)3)17(4)32-5)25-11-18(7-8-23(20)25)19-9-21(27)13-22(28)10-19;/h7-11,13-14H,2,6,12,15,27-28H2,1,3-5H3;1H4/b24-17-;. The van der Waals surface area contributed by atoms with Gasteiger partial charge in [-0.25, -0.2) is 0 Å². The van der Waals surface area contributed by atoms with Gasteiger partial charge >= 0.3 is 5.97 Å². The van der Waals surface area contributed by atoms with Gasteiger partial charge in [0.2, 0.25) is 0 Å². The van der Waals surface area contributed by atoms with Crippen molar-refractivity contribution in [1.29, 1.82) is 0 Å². The Balaban J connectivity index is 0.00000385. The summed E-state index contributed by atoms with van der Waals surface area (Å²) in [6, 6.07) is 11.8. The van der Waals surface area contributed by atoms with E-state index in [2.05, 4.69) is 42.7 Å². The van der Waals surface area contributed by atoms with Crippen LogP contribution in [0.4, 0.5) is 11.4 Å². The molecule has 0 fully saturated rings. The Bertz CT molecular complexity index is 1190. The molecule has 0 saturated heterocycles. The molecule has 0 saturated carbocycles. The lowest BCUT2D eigenvalue weighted by molar-refractivity contribution is -0.142. The Morgan fingerprint density at radius 3 is 2.33 bits per heavy atom. The van der Waals surface area contributed by atoms with Crippen molar-refractivity contribution in [3.05, 3.63) is 70.8 Å². The summed E-state index contributed by atoms with van der Waals surface area (Å²) < 4.78 is 7.38. The van der Waals surface area contributed by atoms with Gasteiger partial charge in [0, 0.05) is 35.0 Å². The summed E-state index contributed by atoms with van der Waals surface area (Å²) in [7, 11) is 0. The first-order chi connectivity index (χ1) is 15.2. The quantitative estimate of drug-likeness (QED) is 0.228. The number of anilines is 2. The van der Waals surface area contributed by atoms with Crippen LogP contribution in [0, 0.1) is 0 Å². The lowest BCUT2D eigenvalue weighted by atomic mass is 10.0. The summed E-state index contributed by atoms with van der Waals surface area (Å²) in [4.78, 5) is 13.5. The maximum absolute atomic E-state index is 12.2. The van der Waals surface area contributed by atoms with Crippen molar-refractivity contribution < 1.29 is 9.53 Å².